The van der Waals surface area contributed by atoms with Gasteiger partial charge in [0.15, 0.2) is 15.8 Å². The van der Waals surface area contributed by atoms with Gasteiger partial charge >= 0.3 is 0 Å². The Labute approximate surface area is 125 Å². The van der Waals surface area contributed by atoms with E-state index in [-0.39, 0.29) is 17.4 Å². The molecule has 3 aromatic heterocycles. The number of nitrogens with two attached hydrogens (primary N) is 1. The highest BCUT2D eigenvalue weighted by atomic mass is 32.2. The monoisotopic (exact) mass is 323 g/mol. The van der Waals surface area contributed by atoms with E-state index in [1.165, 1.54) is 15.7 Å². The predicted molar refractivity (Wildman–Crippen MR) is 80.6 cm³/mol. The third kappa shape index (κ3) is 2.75. The van der Waals surface area contributed by atoms with Gasteiger partial charge in [-0.3, -0.25) is 9.38 Å². The molecule has 0 aromatic carbocycles. The van der Waals surface area contributed by atoms with Crippen molar-refractivity contribution < 1.29 is 8.42 Å². The number of anilines is 1. The maximum atomic E-state index is 12.4. The van der Waals surface area contributed by atoms with Crippen molar-refractivity contribution in [3.8, 4) is 0 Å². The standard InChI is InChI=1S/C12H13N5O2S2/c13-10-11(17-7-8-20-12(17)16-10)21(18,19)15-6-3-9-1-4-14-5-2-9/h1-2,4-5,7-8,15H,3,6,13H2. The lowest BCUT2D eigenvalue weighted by Gasteiger charge is -2.06. The third-order valence-corrected chi connectivity index (χ3v) is 5.21. The first-order valence-corrected chi connectivity index (χ1v) is 8.54. The summed E-state index contributed by atoms with van der Waals surface area (Å²) in [6.07, 6.45) is 5.56. The predicted octanol–water partition coefficient (Wildman–Crippen LogP) is 0.894. The lowest BCUT2D eigenvalue weighted by Crippen LogP contribution is -2.27. The van der Waals surface area contributed by atoms with E-state index in [9.17, 15) is 8.42 Å². The van der Waals surface area contributed by atoms with Gasteiger partial charge in [-0.2, -0.15) is 0 Å². The zero-order valence-corrected chi connectivity index (χ0v) is 12.6. The van der Waals surface area contributed by atoms with Crippen LogP contribution in [-0.4, -0.2) is 29.3 Å². The first-order chi connectivity index (χ1) is 10.1. The molecule has 0 radical (unpaired) electrons. The Balaban J connectivity index is 1.78. The number of nitrogen functional groups attached to an aromatic ring is 1. The van der Waals surface area contributed by atoms with Crippen molar-refractivity contribution in [3.05, 3.63) is 41.7 Å². The van der Waals surface area contributed by atoms with E-state index in [0.717, 1.165) is 5.56 Å². The fraction of sp³-hybridized carbons (Fsp3) is 0.167. The number of hydrogen-bond donors (Lipinski definition) is 2. The van der Waals surface area contributed by atoms with E-state index < -0.39 is 10.0 Å². The minimum atomic E-state index is -3.70. The van der Waals surface area contributed by atoms with Crippen LogP contribution in [0.1, 0.15) is 5.56 Å². The molecule has 0 aliphatic rings. The van der Waals surface area contributed by atoms with Crippen molar-refractivity contribution >= 4 is 32.1 Å². The topological polar surface area (TPSA) is 102 Å². The molecule has 3 heterocycles. The maximum absolute atomic E-state index is 12.4. The van der Waals surface area contributed by atoms with E-state index in [2.05, 4.69) is 14.7 Å². The van der Waals surface area contributed by atoms with Gasteiger partial charge in [0, 0.05) is 30.5 Å². The normalized spacial score (nSPS) is 12.0. The van der Waals surface area contributed by atoms with E-state index >= 15 is 0 Å². The van der Waals surface area contributed by atoms with Gasteiger partial charge in [-0.05, 0) is 24.1 Å². The minimum Gasteiger partial charge on any atom is -0.381 e. The first kappa shape index (κ1) is 14.0. The van der Waals surface area contributed by atoms with E-state index in [0.29, 0.717) is 11.4 Å². The Morgan fingerprint density at radius 3 is 2.86 bits per heavy atom. The lowest BCUT2D eigenvalue weighted by molar-refractivity contribution is 0.577. The minimum absolute atomic E-state index is 0.00604. The molecule has 7 nitrogen and oxygen atoms in total. The van der Waals surface area contributed by atoms with Gasteiger partial charge in [0.2, 0.25) is 0 Å². The molecule has 110 valence electrons. The number of sulfonamides is 1. The summed E-state index contributed by atoms with van der Waals surface area (Å²) in [7, 11) is -3.70. The van der Waals surface area contributed by atoms with Crippen LogP contribution in [-0.2, 0) is 16.4 Å². The average molecular weight is 323 g/mol. The number of nitrogens with one attached hydrogen (secondary N) is 1. The van der Waals surface area contributed by atoms with Crippen molar-refractivity contribution in [2.45, 2.75) is 11.4 Å². The summed E-state index contributed by atoms with van der Waals surface area (Å²) in [5.74, 6) is 0.0123. The van der Waals surface area contributed by atoms with E-state index in [1.54, 1.807) is 24.0 Å². The van der Waals surface area contributed by atoms with Crippen molar-refractivity contribution in [1.29, 1.82) is 0 Å². The molecule has 21 heavy (non-hydrogen) atoms. The summed E-state index contributed by atoms with van der Waals surface area (Å²) in [6, 6.07) is 3.69. The molecular formula is C12H13N5O2S2. The summed E-state index contributed by atoms with van der Waals surface area (Å²) < 4.78 is 28.7. The molecule has 0 atom stereocenters. The molecule has 3 aromatic rings. The molecule has 3 N–H and O–H groups in total. The Morgan fingerprint density at radius 1 is 1.33 bits per heavy atom. The zero-order chi connectivity index (χ0) is 14.9. The summed E-state index contributed by atoms with van der Waals surface area (Å²) >= 11 is 1.33. The fourth-order valence-corrected chi connectivity index (χ4v) is 4.01. The molecule has 9 heteroatoms. The van der Waals surface area contributed by atoms with Crippen LogP contribution in [0.3, 0.4) is 0 Å². The highest BCUT2D eigenvalue weighted by Crippen LogP contribution is 2.22. The summed E-state index contributed by atoms with van der Waals surface area (Å²) in [5.41, 5.74) is 6.72. The summed E-state index contributed by atoms with van der Waals surface area (Å²) in [6.45, 7) is 0.281. The number of thiazole rings is 1. The van der Waals surface area contributed by atoms with Crippen molar-refractivity contribution in [2.24, 2.45) is 0 Å². The van der Waals surface area contributed by atoms with Gasteiger partial charge in [0.05, 0.1) is 0 Å². The van der Waals surface area contributed by atoms with Crippen molar-refractivity contribution in [1.82, 2.24) is 19.1 Å². The Hall–Kier alpha value is -1.97. The number of hydrogen-bond acceptors (Lipinski definition) is 6. The van der Waals surface area contributed by atoms with Crippen LogP contribution in [0.5, 0.6) is 0 Å². The average Bonchev–Trinajstić information content (AvgIpc) is 2.99. The van der Waals surface area contributed by atoms with Gasteiger partial charge in [-0.1, -0.05) is 0 Å². The van der Waals surface area contributed by atoms with Gasteiger partial charge in [0.1, 0.15) is 0 Å². The highest BCUT2D eigenvalue weighted by molar-refractivity contribution is 7.89. The van der Waals surface area contributed by atoms with Crippen LogP contribution < -0.4 is 10.5 Å². The van der Waals surface area contributed by atoms with Crippen LogP contribution in [0.2, 0.25) is 0 Å². The molecule has 0 bridgehead atoms. The number of aromatic nitrogens is 3. The number of pyridine rings is 1. The van der Waals surface area contributed by atoms with Crippen LogP contribution in [0.25, 0.3) is 4.96 Å². The Morgan fingerprint density at radius 2 is 2.10 bits per heavy atom. The van der Waals surface area contributed by atoms with Gasteiger partial charge in [-0.25, -0.2) is 18.1 Å². The van der Waals surface area contributed by atoms with Gasteiger partial charge in [-0.15, -0.1) is 11.3 Å². The number of imidazole rings is 1. The molecule has 0 saturated heterocycles. The maximum Gasteiger partial charge on any atom is 0.260 e. The largest absolute Gasteiger partial charge is 0.381 e. The van der Waals surface area contributed by atoms with Crippen LogP contribution in [0.15, 0.2) is 41.1 Å². The summed E-state index contributed by atoms with van der Waals surface area (Å²) in [4.78, 5) is 8.51. The first-order valence-electron chi connectivity index (χ1n) is 6.17. The van der Waals surface area contributed by atoms with E-state index in [1.807, 2.05) is 12.1 Å². The second-order valence-corrected chi connectivity index (χ2v) is 6.92. The van der Waals surface area contributed by atoms with Crippen LogP contribution >= 0.6 is 11.3 Å². The number of rotatable bonds is 5. The highest BCUT2D eigenvalue weighted by Gasteiger charge is 2.23. The van der Waals surface area contributed by atoms with E-state index in [4.69, 9.17) is 5.73 Å². The van der Waals surface area contributed by atoms with Crippen LogP contribution in [0.4, 0.5) is 5.82 Å². The van der Waals surface area contributed by atoms with Crippen LogP contribution in [0, 0.1) is 0 Å². The quantitative estimate of drug-likeness (QED) is 0.726. The Bertz CT molecular complexity index is 854. The third-order valence-electron chi connectivity index (χ3n) is 2.95. The second kappa shape index (κ2) is 5.43. The molecule has 0 fully saturated rings. The smallest absolute Gasteiger partial charge is 0.260 e. The SMILES string of the molecule is Nc1nc2sccn2c1S(=O)(=O)NCCc1ccncc1. The fourth-order valence-electron chi connectivity index (χ4n) is 2.00. The van der Waals surface area contributed by atoms with Gasteiger partial charge in [0.25, 0.3) is 10.0 Å². The number of fused-ring (bicyclic) bond motifs is 1. The zero-order valence-electron chi connectivity index (χ0n) is 10.9. The molecule has 0 saturated carbocycles. The lowest BCUT2D eigenvalue weighted by atomic mass is 10.2. The molecule has 0 unspecified atom stereocenters. The summed E-state index contributed by atoms with van der Waals surface area (Å²) in [5, 5.41) is 1.76. The molecule has 3 rings (SSSR count). The van der Waals surface area contributed by atoms with Gasteiger partial charge < -0.3 is 5.73 Å². The Kier molecular flexibility index (Phi) is 3.62. The molecule has 0 spiro atoms. The van der Waals surface area contributed by atoms with Crippen molar-refractivity contribution in [3.63, 3.8) is 0 Å². The molecular weight excluding hydrogens is 310 g/mol. The molecule has 0 aliphatic carbocycles. The molecule has 0 amide bonds. The number of nitrogens with zero attached hydrogens (tertiary/aromatic N) is 3. The van der Waals surface area contributed by atoms with Crippen molar-refractivity contribution in [2.75, 3.05) is 12.3 Å². The second-order valence-electron chi connectivity index (χ2n) is 4.36. The molecule has 0 aliphatic heterocycles.